The van der Waals surface area contributed by atoms with Gasteiger partial charge >= 0.3 is 0 Å². The van der Waals surface area contributed by atoms with Gasteiger partial charge in [-0.05, 0) is 87.7 Å². The van der Waals surface area contributed by atoms with Gasteiger partial charge in [-0.1, -0.05) is 72.8 Å². The Morgan fingerprint density at radius 1 is 0.457 bits per heavy atom. The van der Waals surface area contributed by atoms with Crippen molar-refractivity contribution in [3.63, 3.8) is 0 Å². The molecule has 0 aromatic heterocycles. The van der Waals surface area contributed by atoms with E-state index in [-0.39, 0.29) is 0 Å². The van der Waals surface area contributed by atoms with Gasteiger partial charge in [0, 0.05) is 27.4 Å². The lowest BCUT2D eigenvalue weighted by atomic mass is 10.0. The molecule has 0 amide bonds. The van der Waals surface area contributed by atoms with Crippen molar-refractivity contribution in [2.75, 3.05) is 19.6 Å². The Morgan fingerprint density at radius 2 is 1.02 bits per heavy atom. The zero-order chi connectivity index (χ0) is 31.2. The smallest absolute Gasteiger partial charge is 0.179 e. The summed E-state index contributed by atoms with van der Waals surface area (Å²) in [4.78, 5) is 9.80. The summed E-state index contributed by atoms with van der Waals surface area (Å²) in [5.41, 5.74) is 7.66. The largest absolute Gasteiger partial charge is 0.316 e. The molecule has 10 rings (SSSR count). The third kappa shape index (κ3) is 2.88. The molecule has 0 radical (unpaired) electrons. The molecule has 0 saturated carbocycles. The number of hydrogen-bond acceptors (Lipinski definition) is 5. The van der Waals surface area contributed by atoms with Crippen molar-refractivity contribution in [1.29, 1.82) is 0 Å². The van der Waals surface area contributed by atoms with E-state index in [0.717, 1.165) is 72.2 Å². The number of anilines is 8. The molecular weight excluding hydrogens is 583 g/mol. The number of benzene rings is 6. The fraction of sp³-hybridized carbons (Fsp3) is 0.150. The Balaban J connectivity index is 1.38. The minimum atomic E-state index is -3.35. The zero-order valence-electron chi connectivity index (χ0n) is 26.3. The van der Waals surface area contributed by atoms with Crippen LogP contribution in [0.25, 0.3) is 10.8 Å². The molecule has 4 aliphatic rings. The molecule has 0 bridgehead atoms. The lowest BCUT2D eigenvalue weighted by Crippen LogP contribution is -2.55. The number of rotatable bonds is 2. The van der Waals surface area contributed by atoms with E-state index >= 15 is 4.57 Å². The summed E-state index contributed by atoms with van der Waals surface area (Å²) >= 11 is 0. The molecule has 6 aromatic carbocycles. The summed E-state index contributed by atoms with van der Waals surface area (Å²) in [7, 11) is -3.35. The predicted octanol–water partition coefficient (Wildman–Crippen LogP) is 9.16. The highest BCUT2D eigenvalue weighted by Crippen LogP contribution is 2.69. The monoisotopic (exact) mass is 616 g/mol. The standard InChI is InChI=1S/C40H33N4OP/c1-39(2)41(27-15-7-5-8-16-27)30-20-13-21-33-36(30)43(39)32-24-23-31-37-38(32)46(33,45)34-25-22-26-14-11-12-19-29(26)35(34)44(37)40(3,4)42(31)28-17-9-6-10-18-28/h5-25H,1-4H3. The van der Waals surface area contributed by atoms with Crippen LogP contribution in [0.1, 0.15) is 27.7 Å². The van der Waals surface area contributed by atoms with Gasteiger partial charge in [0.1, 0.15) is 11.3 Å². The summed E-state index contributed by atoms with van der Waals surface area (Å²) in [5.74, 6) is 0. The van der Waals surface area contributed by atoms with Crippen LogP contribution in [0.2, 0.25) is 0 Å². The van der Waals surface area contributed by atoms with Crippen molar-refractivity contribution >= 4 is 79.3 Å². The highest BCUT2D eigenvalue weighted by Gasteiger charge is 2.60. The molecule has 6 heteroatoms. The summed E-state index contributed by atoms with van der Waals surface area (Å²) in [6, 6.07) is 45.0. The molecule has 4 aliphatic heterocycles. The molecule has 0 spiro atoms. The Hall–Kier alpha value is -4.99. The van der Waals surface area contributed by atoms with E-state index in [1.807, 2.05) is 0 Å². The van der Waals surface area contributed by atoms with Crippen LogP contribution in [0, 0.1) is 0 Å². The van der Waals surface area contributed by atoms with Gasteiger partial charge < -0.3 is 24.2 Å². The highest BCUT2D eigenvalue weighted by atomic mass is 31.2. The Labute approximate surface area is 269 Å². The van der Waals surface area contributed by atoms with Gasteiger partial charge in [-0.2, -0.15) is 0 Å². The number of para-hydroxylation sites is 3. The average molecular weight is 617 g/mol. The van der Waals surface area contributed by atoms with Crippen LogP contribution in [0.15, 0.2) is 127 Å². The summed E-state index contributed by atoms with van der Waals surface area (Å²) in [6.45, 7) is 9.14. The topological polar surface area (TPSA) is 30.0 Å². The van der Waals surface area contributed by atoms with Gasteiger partial charge in [-0.15, -0.1) is 0 Å². The van der Waals surface area contributed by atoms with Crippen LogP contribution in [0.4, 0.5) is 45.5 Å². The van der Waals surface area contributed by atoms with Crippen LogP contribution < -0.4 is 35.5 Å². The van der Waals surface area contributed by atoms with Gasteiger partial charge in [0.15, 0.2) is 7.14 Å². The number of hydrogen-bond donors (Lipinski definition) is 0. The summed E-state index contributed by atoms with van der Waals surface area (Å²) in [5, 5.41) is 5.07. The quantitative estimate of drug-likeness (QED) is 0.181. The van der Waals surface area contributed by atoms with E-state index in [1.165, 1.54) is 0 Å². The van der Waals surface area contributed by atoms with E-state index in [0.29, 0.717) is 0 Å². The Bertz CT molecular complexity index is 2330. The van der Waals surface area contributed by atoms with Crippen molar-refractivity contribution in [3.8, 4) is 0 Å². The molecular formula is C40H33N4OP. The van der Waals surface area contributed by atoms with Crippen molar-refractivity contribution in [3.05, 3.63) is 127 Å². The second kappa shape index (κ2) is 8.43. The van der Waals surface area contributed by atoms with E-state index in [4.69, 9.17) is 0 Å². The molecule has 6 aromatic rings. The normalized spacial score (nSPS) is 20.5. The second-order valence-corrected chi connectivity index (χ2v) is 16.3. The van der Waals surface area contributed by atoms with E-state index in [9.17, 15) is 0 Å². The lowest BCUT2D eigenvalue weighted by Gasteiger charge is -2.48. The SMILES string of the molecule is CC1(C)N(c2ccccc2)c2cccc3c2N1c1ccc2c4c1P3(=O)c1ccc3ccccc3c1N4C(C)(C)N2c1ccccc1. The van der Waals surface area contributed by atoms with Crippen molar-refractivity contribution in [2.45, 2.75) is 39.0 Å². The summed E-state index contributed by atoms with van der Waals surface area (Å²) < 4.78 is 16.7. The molecule has 5 nitrogen and oxygen atoms in total. The maximum Gasteiger partial charge on any atom is 0.179 e. The fourth-order valence-electron chi connectivity index (χ4n) is 8.94. The van der Waals surface area contributed by atoms with Gasteiger partial charge in [0.2, 0.25) is 0 Å². The Kier molecular flexibility index (Phi) is 4.81. The average Bonchev–Trinajstić information content (AvgIpc) is 3.45. The van der Waals surface area contributed by atoms with Gasteiger partial charge in [0.05, 0.1) is 39.4 Å². The van der Waals surface area contributed by atoms with E-state index in [1.54, 1.807) is 0 Å². The molecule has 1 unspecified atom stereocenters. The zero-order valence-corrected chi connectivity index (χ0v) is 27.2. The summed E-state index contributed by atoms with van der Waals surface area (Å²) in [6.07, 6.45) is 0. The first kappa shape index (κ1) is 26.2. The van der Waals surface area contributed by atoms with E-state index in [2.05, 4.69) is 175 Å². The van der Waals surface area contributed by atoms with E-state index < -0.39 is 18.5 Å². The highest BCUT2D eigenvalue weighted by molar-refractivity contribution is 7.86. The molecule has 0 N–H and O–H groups in total. The lowest BCUT2D eigenvalue weighted by molar-refractivity contribution is 0.538. The van der Waals surface area contributed by atoms with Crippen molar-refractivity contribution in [1.82, 2.24) is 0 Å². The Morgan fingerprint density at radius 3 is 1.72 bits per heavy atom. The molecule has 4 heterocycles. The fourth-order valence-corrected chi connectivity index (χ4v) is 12.3. The van der Waals surface area contributed by atoms with Gasteiger partial charge in [0.25, 0.3) is 0 Å². The third-order valence-electron chi connectivity index (χ3n) is 10.6. The minimum absolute atomic E-state index is 0.461. The van der Waals surface area contributed by atoms with Crippen LogP contribution in [-0.4, -0.2) is 11.3 Å². The number of fused-ring (bicyclic) bond motifs is 7. The number of nitrogens with zero attached hydrogens (tertiary/aromatic N) is 4. The van der Waals surface area contributed by atoms with Gasteiger partial charge in [-0.3, -0.25) is 0 Å². The first-order valence-corrected chi connectivity index (χ1v) is 17.7. The third-order valence-corrected chi connectivity index (χ3v) is 13.7. The van der Waals surface area contributed by atoms with Gasteiger partial charge in [-0.25, -0.2) is 0 Å². The van der Waals surface area contributed by atoms with Crippen molar-refractivity contribution < 1.29 is 4.57 Å². The molecule has 1 atom stereocenters. The molecule has 0 aliphatic carbocycles. The molecule has 46 heavy (non-hydrogen) atoms. The maximum atomic E-state index is 16.7. The first-order valence-electron chi connectivity index (χ1n) is 16.0. The molecule has 0 fully saturated rings. The van der Waals surface area contributed by atoms with Crippen LogP contribution in [0.3, 0.4) is 0 Å². The predicted molar refractivity (Wildman–Crippen MR) is 193 cm³/mol. The van der Waals surface area contributed by atoms with Crippen LogP contribution in [-0.2, 0) is 4.57 Å². The van der Waals surface area contributed by atoms with Crippen LogP contribution in [0.5, 0.6) is 0 Å². The maximum absolute atomic E-state index is 16.7. The van der Waals surface area contributed by atoms with Crippen LogP contribution >= 0.6 is 7.14 Å². The molecule has 0 saturated heterocycles. The second-order valence-electron chi connectivity index (χ2n) is 13.7. The molecule has 224 valence electrons. The first-order chi connectivity index (χ1) is 22.3. The minimum Gasteiger partial charge on any atom is -0.316 e. The van der Waals surface area contributed by atoms with Crippen molar-refractivity contribution in [2.24, 2.45) is 0 Å².